The number of carbonyl (C=O) groups is 5. The third-order valence-corrected chi connectivity index (χ3v) is 2.08. The van der Waals surface area contributed by atoms with E-state index >= 15 is 0 Å². The lowest BCUT2D eigenvalue weighted by molar-refractivity contribution is -0.159. The van der Waals surface area contributed by atoms with E-state index in [1.165, 1.54) is 0 Å². The summed E-state index contributed by atoms with van der Waals surface area (Å²) >= 11 is 0. The summed E-state index contributed by atoms with van der Waals surface area (Å²) in [5.74, 6) is -7.38. The van der Waals surface area contributed by atoms with E-state index in [1.807, 2.05) is 6.20 Å². The molecule has 1 heterocycles. The second kappa shape index (κ2) is 16.3. The Bertz CT molecular complexity index is 612. The molecular weight excluding hydrogens is 388 g/mol. The van der Waals surface area contributed by atoms with Crippen LogP contribution in [0.2, 0.25) is 0 Å². The fourth-order valence-electron chi connectivity index (χ4n) is 1.08. The van der Waals surface area contributed by atoms with Gasteiger partial charge in [-0.1, -0.05) is 0 Å². The highest BCUT2D eigenvalue weighted by molar-refractivity contribution is 6.27. The van der Waals surface area contributed by atoms with Crippen molar-refractivity contribution < 1.29 is 49.9 Å². The SMILES string of the molecule is N=C(NCCCc1c[nH]cn1)NC(N)=O.O.O=C(O)C(=O)O.O=C(O)C(=O)O. The van der Waals surface area contributed by atoms with Gasteiger partial charge in [0.1, 0.15) is 0 Å². The molecule has 0 aromatic carbocycles. The van der Waals surface area contributed by atoms with E-state index in [0.717, 1.165) is 18.5 Å². The van der Waals surface area contributed by atoms with Crippen LogP contribution in [-0.4, -0.2) is 78.3 Å². The van der Waals surface area contributed by atoms with Gasteiger partial charge in [0.05, 0.1) is 12.0 Å². The number of aliphatic carboxylic acids is 4. The zero-order chi connectivity index (χ0) is 21.4. The van der Waals surface area contributed by atoms with Crippen LogP contribution >= 0.6 is 0 Å². The van der Waals surface area contributed by atoms with Crippen molar-refractivity contribution in [2.75, 3.05) is 6.54 Å². The summed E-state index contributed by atoms with van der Waals surface area (Å²) in [6.45, 7) is 0.589. The monoisotopic (exact) mass is 408 g/mol. The number of nitrogens with zero attached hydrogens (tertiary/aromatic N) is 1. The predicted molar refractivity (Wildman–Crippen MR) is 89.5 cm³/mol. The number of nitrogens with one attached hydrogen (secondary N) is 4. The largest absolute Gasteiger partial charge is 0.473 e. The van der Waals surface area contributed by atoms with Crippen molar-refractivity contribution >= 4 is 35.9 Å². The van der Waals surface area contributed by atoms with Crippen LogP contribution < -0.4 is 16.4 Å². The van der Waals surface area contributed by atoms with Crippen LogP contribution in [0, 0.1) is 5.41 Å². The van der Waals surface area contributed by atoms with Crippen LogP contribution in [0.25, 0.3) is 0 Å². The summed E-state index contributed by atoms with van der Waals surface area (Å²) in [6.07, 6.45) is 5.10. The van der Waals surface area contributed by atoms with Gasteiger partial charge in [-0.2, -0.15) is 0 Å². The molecular formula is C12H20N6O10. The van der Waals surface area contributed by atoms with Crippen LogP contribution in [0.4, 0.5) is 4.79 Å². The predicted octanol–water partition coefficient (Wildman–Crippen LogP) is -2.98. The Morgan fingerprint density at radius 1 is 1.04 bits per heavy atom. The molecule has 1 aromatic rings. The normalized spacial score (nSPS) is 8.29. The first-order valence-electron chi connectivity index (χ1n) is 6.76. The van der Waals surface area contributed by atoms with Gasteiger partial charge in [-0.3, -0.25) is 10.7 Å². The number of carbonyl (C=O) groups excluding carboxylic acids is 1. The fraction of sp³-hybridized carbons (Fsp3) is 0.250. The number of carboxylic acids is 4. The average Bonchev–Trinajstić information content (AvgIpc) is 3.05. The zero-order valence-electron chi connectivity index (χ0n) is 14.1. The molecule has 0 bridgehead atoms. The maximum absolute atomic E-state index is 10.3. The van der Waals surface area contributed by atoms with Crippen molar-refractivity contribution in [2.45, 2.75) is 12.8 Å². The van der Waals surface area contributed by atoms with Gasteiger partial charge in [-0.15, -0.1) is 0 Å². The van der Waals surface area contributed by atoms with Gasteiger partial charge >= 0.3 is 29.9 Å². The highest BCUT2D eigenvalue weighted by Crippen LogP contribution is 1.94. The molecule has 0 unspecified atom stereocenters. The first-order valence-corrected chi connectivity index (χ1v) is 6.76. The minimum absolute atomic E-state index is 0. The van der Waals surface area contributed by atoms with Gasteiger partial charge in [0.15, 0.2) is 5.96 Å². The first-order chi connectivity index (χ1) is 12.5. The van der Waals surface area contributed by atoms with E-state index < -0.39 is 29.9 Å². The van der Waals surface area contributed by atoms with Crippen molar-refractivity contribution in [3.05, 3.63) is 18.2 Å². The Balaban J connectivity index is -0.000000402. The lowest BCUT2D eigenvalue weighted by Crippen LogP contribution is -2.43. The van der Waals surface area contributed by atoms with Gasteiger partial charge in [0.2, 0.25) is 0 Å². The number of aryl methyl sites for hydroxylation is 1. The van der Waals surface area contributed by atoms with Gasteiger partial charge in [-0.25, -0.2) is 29.0 Å². The third kappa shape index (κ3) is 19.8. The number of primary amides is 1. The molecule has 1 aromatic heterocycles. The molecule has 0 saturated heterocycles. The van der Waals surface area contributed by atoms with Crippen molar-refractivity contribution in [1.82, 2.24) is 20.6 Å². The summed E-state index contributed by atoms with van der Waals surface area (Å²) in [6, 6.07) is -0.736. The summed E-state index contributed by atoms with van der Waals surface area (Å²) in [4.78, 5) is 53.7. The topological polar surface area (TPSA) is 300 Å². The number of hydrogen-bond acceptors (Lipinski definition) is 7. The molecule has 16 nitrogen and oxygen atoms in total. The number of imidazole rings is 1. The molecule has 0 saturated carbocycles. The highest BCUT2D eigenvalue weighted by Gasteiger charge is 2.04. The van der Waals surface area contributed by atoms with Crippen molar-refractivity contribution in [3.8, 4) is 0 Å². The number of amides is 2. The lowest BCUT2D eigenvalue weighted by Gasteiger charge is -2.06. The molecule has 12 N–H and O–H groups in total. The summed E-state index contributed by atoms with van der Waals surface area (Å²) in [5, 5.41) is 41.6. The Kier molecular flexibility index (Phi) is 16.6. The minimum Gasteiger partial charge on any atom is -0.473 e. The van der Waals surface area contributed by atoms with Crippen molar-refractivity contribution in [3.63, 3.8) is 0 Å². The van der Waals surface area contributed by atoms with E-state index in [0.29, 0.717) is 6.54 Å². The maximum atomic E-state index is 10.3. The van der Waals surface area contributed by atoms with Crippen LogP contribution in [0.3, 0.4) is 0 Å². The molecule has 0 radical (unpaired) electrons. The summed E-state index contributed by atoms with van der Waals surface area (Å²) in [7, 11) is 0. The molecule has 158 valence electrons. The molecule has 0 spiro atoms. The van der Waals surface area contributed by atoms with Crippen LogP contribution in [0.15, 0.2) is 12.5 Å². The van der Waals surface area contributed by atoms with E-state index in [9.17, 15) is 4.79 Å². The first kappa shape index (κ1) is 28.6. The number of nitrogens with two attached hydrogens (primary N) is 1. The van der Waals surface area contributed by atoms with E-state index in [-0.39, 0.29) is 11.4 Å². The quantitative estimate of drug-likeness (QED) is 0.105. The van der Waals surface area contributed by atoms with Gasteiger partial charge in [0.25, 0.3) is 0 Å². The number of hydrogen-bond donors (Lipinski definition) is 9. The molecule has 0 aliphatic carbocycles. The molecule has 0 aliphatic heterocycles. The third-order valence-electron chi connectivity index (χ3n) is 2.08. The van der Waals surface area contributed by atoms with E-state index in [4.69, 9.17) is 50.7 Å². The van der Waals surface area contributed by atoms with Crippen LogP contribution in [0.5, 0.6) is 0 Å². The van der Waals surface area contributed by atoms with Gasteiger partial charge in [-0.05, 0) is 12.8 Å². The van der Waals surface area contributed by atoms with Crippen molar-refractivity contribution in [1.29, 1.82) is 5.41 Å². The number of rotatable bonds is 4. The average molecular weight is 408 g/mol. The van der Waals surface area contributed by atoms with Crippen LogP contribution in [-0.2, 0) is 25.6 Å². The lowest BCUT2D eigenvalue weighted by atomic mass is 10.2. The minimum atomic E-state index is -1.82. The van der Waals surface area contributed by atoms with Crippen molar-refractivity contribution in [2.24, 2.45) is 5.73 Å². The van der Waals surface area contributed by atoms with E-state index in [2.05, 4.69) is 20.6 Å². The zero-order valence-corrected chi connectivity index (χ0v) is 14.1. The number of guanidine groups is 1. The molecule has 0 atom stereocenters. The van der Waals surface area contributed by atoms with E-state index in [1.54, 1.807) is 6.33 Å². The number of aromatic nitrogens is 2. The second-order valence-corrected chi connectivity index (χ2v) is 4.18. The Hall–Kier alpha value is -4.21. The summed E-state index contributed by atoms with van der Waals surface area (Å²) in [5.41, 5.74) is 5.81. The number of H-pyrrole nitrogens is 1. The Labute approximate surface area is 156 Å². The molecule has 2 amide bonds. The van der Waals surface area contributed by atoms with Gasteiger partial charge < -0.3 is 41.9 Å². The van der Waals surface area contributed by atoms with Gasteiger partial charge in [0, 0.05) is 12.7 Å². The molecule has 0 aliphatic rings. The molecule has 1 rings (SSSR count). The molecule has 28 heavy (non-hydrogen) atoms. The number of aromatic amines is 1. The second-order valence-electron chi connectivity index (χ2n) is 4.18. The Morgan fingerprint density at radius 3 is 1.82 bits per heavy atom. The molecule has 0 fully saturated rings. The number of urea groups is 1. The number of carboxylic acid groups (broad SMARTS) is 4. The molecule has 16 heteroatoms. The maximum Gasteiger partial charge on any atom is 0.414 e. The standard InChI is InChI=1S/C8H14N6O.2C2H2O4.H2O/c9-7(14-8(10)15)12-3-1-2-6-4-11-5-13-6;2*3-1(4)2(5)6;/h4-5H,1-3H2,(H,11,13)(H5,9,10,12,14,15);2*(H,3,4)(H,5,6);1H2. The highest BCUT2D eigenvalue weighted by atomic mass is 16.4. The smallest absolute Gasteiger partial charge is 0.414 e. The Morgan fingerprint density at radius 2 is 1.50 bits per heavy atom. The van der Waals surface area contributed by atoms with Crippen LogP contribution in [0.1, 0.15) is 12.1 Å². The summed E-state index contributed by atoms with van der Waals surface area (Å²) < 4.78 is 0. The fourth-order valence-corrected chi connectivity index (χ4v) is 1.08.